The molecule has 0 aromatic heterocycles. The number of halogens is 1. The third-order valence-corrected chi connectivity index (χ3v) is 6.81. The van der Waals surface area contributed by atoms with Gasteiger partial charge in [0.25, 0.3) is 11.6 Å². The minimum absolute atomic E-state index is 0.0615. The van der Waals surface area contributed by atoms with Crippen LogP contribution in [0.25, 0.3) is 0 Å². The second kappa shape index (κ2) is 10.2. The summed E-state index contributed by atoms with van der Waals surface area (Å²) in [5.74, 6) is -1.61. The first-order chi connectivity index (χ1) is 17.4. The van der Waals surface area contributed by atoms with Crippen molar-refractivity contribution in [1.29, 1.82) is 0 Å². The maximum Gasteiger partial charge on any atom is 0.289 e. The van der Waals surface area contributed by atoms with Crippen LogP contribution >= 0.6 is 11.6 Å². The highest BCUT2D eigenvalue weighted by Crippen LogP contribution is 2.36. The molecule has 5 rings (SSSR count). The van der Waals surface area contributed by atoms with Gasteiger partial charge in [-0.25, -0.2) is 5.43 Å². The monoisotopic (exact) mass is 513 g/mol. The van der Waals surface area contributed by atoms with E-state index in [1.807, 2.05) is 0 Å². The van der Waals surface area contributed by atoms with Crippen molar-refractivity contribution in [3.05, 3.63) is 69.2 Å². The Kier molecular flexibility index (Phi) is 6.86. The average molecular weight is 514 g/mol. The predicted molar refractivity (Wildman–Crippen MR) is 132 cm³/mol. The Hall–Kier alpha value is -3.54. The van der Waals surface area contributed by atoms with Crippen LogP contribution in [-0.2, 0) is 19.1 Å². The molecule has 2 fully saturated rings. The minimum Gasteiger partial charge on any atom is -0.389 e. The number of carbonyl (C=O) groups excluding carboxylic acids is 1. The maximum atomic E-state index is 12.7. The molecular weight excluding hydrogens is 490 g/mol. The maximum absolute atomic E-state index is 12.7. The number of hydrazone groups is 1. The van der Waals surface area contributed by atoms with E-state index in [0.29, 0.717) is 31.0 Å². The third-order valence-electron chi connectivity index (χ3n) is 6.56. The summed E-state index contributed by atoms with van der Waals surface area (Å²) >= 11 is 5.88. The molecule has 0 bridgehead atoms. The van der Waals surface area contributed by atoms with Crippen molar-refractivity contribution >= 4 is 40.8 Å². The SMILES string of the molecule is O=C(N/N=C/c1ccc(Cl)cc1)C1=NO[C@@H]2COC3(CCN(c4ccc([N+](=O)[O-])cc4)CC3)OC[C@@H]12. The lowest BCUT2D eigenvalue weighted by Gasteiger charge is -2.41. The summed E-state index contributed by atoms with van der Waals surface area (Å²) in [6, 6.07) is 13.5. The van der Waals surface area contributed by atoms with Gasteiger partial charge in [0.1, 0.15) is 0 Å². The van der Waals surface area contributed by atoms with Crippen LogP contribution in [0.4, 0.5) is 11.4 Å². The summed E-state index contributed by atoms with van der Waals surface area (Å²) in [6.45, 7) is 1.80. The first-order valence-corrected chi connectivity index (χ1v) is 11.9. The normalized spacial score (nSPS) is 23.0. The molecule has 11 nitrogen and oxygen atoms in total. The fourth-order valence-corrected chi connectivity index (χ4v) is 4.58. The number of rotatable bonds is 5. The summed E-state index contributed by atoms with van der Waals surface area (Å²) in [5, 5.41) is 19.5. The number of benzene rings is 2. The van der Waals surface area contributed by atoms with Gasteiger partial charge in [-0.05, 0) is 29.8 Å². The number of ether oxygens (including phenoxy) is 2. The lowest BCUT2D eigenvalue weighted by molar-refractivity contribution is -0.384. The van der Waals surface area contributed by atoms with Crippen LogP contribution in [-0.4, -0.2) is 61.0 Å². The van der Waals surface area contributed by atoms with Crippen LogP contribution in [0, 0.1) is 16.0 Å². The Morgan fingerprint density at radius 1 is 1.14 bits per heavy atom. The number of nitrogens with one attached hydrogen (secondary N) is 1. The van der Waals surface area contributed by atoms with Crippen LogP contribution in [0.5, 0.6) is 0 Å². The van der Waals surface area contributed by atoms with E-state index in [9.17, 15) is 14.9 Å². The lowest BCUT2D eigenvalue weighted by atomic mass is 9.98. The van der Waals surface area contributed by atoms with Crippen LogP contribution in [0.1, 0.15) is 18.4 Å². The van der Waals surface area contributed by atoms with E-state index < -0.39 is 22.7 Å². The zero-order valence-corrected chi connectivity index (χ0v) is 20.0. The summed E-state index contributed by atoms with van der Waals surface area (Å²) in [7, 11) is 0. The molecule has 0 aliphatic carbocycles. The number of oxime groups is 1. The van der Waals surface area contributed by atoms with Gasteiger partial charge in [-0.3, -0.25) is 14.9 Å². The van der Waals surface area contributed by atoms with Gasteiger partial charge in [-0.15, -0.1) is 0 Å². The highest BCUT2D eigenvalue weighted by atomic mass is 35.5. The number of nitro benzene ring substituents is 1. The number of anilines is 1. The van der Waals surface area contributed by atoms with Crippen molar-refractivity contribution in [3.63, 3.8) is 0 Å². The molecule has 36 heavy (non-hydrogen) atoms. The molecular formula is C24H24ClN5O6. The van der Waals surface area contributed by atoms with Gasteiger partial charge in [0.2, 0.25) is 0 Å². The zero-order chi connectivity index (χ0) is 25.1. The number of hydrogen-bond donors (Lipinski definition) is 1. The van der Waals surface area contributed by atoms with Crippen LogP contribution in [0.15, 0.2) is 58.8 Å². The molecule has 2 atom stereocenters. The first kappa shape index (κ1) is 24.2. The number of piperidine rings is 1. The number of amides is 1. The van der Waals surface area contributed by atoms with Gasteiger partial charge in [0.15, 0.2) is 17.6 Å². The molecule has 0 unspecified atom stereocenters. The van der Waals surface area contributed by atoms with Crippen LogP contribution in [0.2, 0.25) is 5.02 Å². The average Bonchev–Trinajstić information content (AvgIpc) is 3.23. The molecule has 188 valence electrons. The second-order valence-corrected chi connectivity index (χ2v) is 9.21. The Morgan fingerprint density at radius 2 is 1.83 bits per heavy atom. The Morgan fingerprint density at radius 3 is 2.53 bits per heavy atom. The highest BCUT2D eigenvalue weighted by molar-refractivity contribution is 6.40. The van der Waals surface area contributed by atoms with Gasteiger partial charge in [-0.1, -0.05) is 28.9 Å². The molecule has 3 heterocycles. The fourth-order valence-electron chi connectivity index (χ4n) is 4.45. The van der Waals surface area contributed by atoms with E-state index in [4.69, 9.17) is 25.9 Å². The van der Waals surface area contributed by atoms with Crippen molar-refractivity contribution in [3.8, 4) is 0 Å². The van der Waals surface area contributed by atoms with Crippen molar-refractivity contribution in [2.75, 3.05) is 31.2 Å². The van der Waals surface area contributed by atoms with Gasteiger partial charge >= 0.3 is 0 Å². The molecule has 2 saturated heterocycles. The second-order valence-electron chi connectivity index (χ2n) is 8.77. The summed E-state index contributed by atoms with van der Waals surface area (Å²) in [5.41, 5.74) is 4.47. The molecule has 0 saturated carbocycles. The van der Waals surface area contributed by atoms with Crippen molar-refractivity contribution in [1.82, 2.24) is 5.43 Å². The number of non-ortho nitro benzene ring substituents is 1. The quantitative estimate of drug-likeness (QED) is 0.369. The number of nitrogens with zero attached hydrogens (tertiary/aromatic N) is 4. The van der Waals surface area contributed by atoms with E-state index in [1.165, 1.54) is 18.3 Å². The highest BCUT2D eigenvalue weighted by Gasteiger charge is 2.47. The number of carbonyl (C=O) groups is 1. The Bertz CT molecular complexity index is 1180. The standard InChI is InChI=1S/C24H24ClN5O6/c25-17-3-1-16(2-4-17)13-26-27-23(31)22-20-14-34-24(35-15-21(20)36-28-22)9-11-29(12-10-24)18-5-7-19(8-6-18)30(32)33/h1-8,13,20-21H,9-12,14-15H2,(H,27,31)/b26-13+/t20-,21-/m1/s1. The van der Waals surface area contributed by atoms with Crippen LogP contribution in [0.3, 0.4) is 0 Å². The topological polar surface area (TPSA) is 128 Å². The largest absolute Gasteiger partial charge is 0.389 e. The molecule has 1 N–H and O–H groups in total. The molecule has 3 aliphatic rings. The van der Waals surface area contributed by atoms with Crippen molar-refractivity contribution < 1.29 is 24.0 Å². The molecule has 2 aromatic carbocycles. The number of hydrogen-bond acceptors (Lipinski definition) is 9. The minimum atomic E-state index is -0.778. The van der Waals surface area contributed by atoms with Crippen LogP contribution < -0.4 is 10.3 Å². The molecule has 3 aliphatic heterocycles. The summed E-state index contributed by atoms with van der Waals surface area (Å²) < 4.78 is 12.4. The molecule has 1 spiro atoms. The van der Waals surface area contributed by atoms with E-state index in [1.54, 1.807) is 36.4 Å². The predicted octanol–water partition coefficient (Wildman–Crippen LogP) is 3.11. The number of fused-ring (bicyclic) bond motifs is 1. The van der Waals surface area contributed by atoms with Crippen molar-refractivity contribution in [2.24, 2.45) is 16.2 Å². The smallest absolute Gasteiger partial charge is 0.289 e. The van der Waals surface area contributed by atoms with E-state index in [-0.39, 0.29) is 30.5 Å². The summed E-state index contributed by atoms with van der Waals surface area (Å²) in [6.07, 6.45) is 2.31. The molecule has 0 radical (unpaired) electrons. The Labute approximate surface area is 211 Å². The van der Waals surface area contributed by atoms with Crippen molar-refractivity contribution in [2.45, 2.75) is 24.7 Å². The fraction of sp³-hybridized carbons (Fsp3) is 0.375. The first-order valence-electron chi connectivity index (χ1n) is 11.5. The molecule has 1 amide bonds. The van der Waals surface area contributed by atoms with Gasteiger partial charge in [0.05, 0.1) is 30.3 Å². The molecule has 12 heteroatoms. The van der Waals surface area contributed by atoms with E-state index in [0.717, 1.165) is 11.3 Å². The number of nitro groups is 1. The lowest BCUT2D eigenvalue weighted by Crippen LogP contribution is -2.48. The Balaban J connectivity index is 1.16. The van der Waals surface area contributed by atoms with Gasteiger partial charge < -0.3 is 19.2 Å². The van der Waals surface area contributed by atoms with E-state index >= 15 is 0 Å². The van der Waals surface area contributed by atoms with E-state index in [2.05, 4.69) is 20.6 Å². The summed E-state index contributed by atoms with van der Waals surface area (Å²) in [4.78, 5) is 30.8. The molecule has 2 aromatic rings. The zero-order valence-electron chi connectivity index (χ0n) is 19.2. The third kappa shape index (κ3) is 5.18. The van der Waals surface area contributed by atoms with Gasteiger partial charge in [0, 0.05) is 48.8 Å². The van der Waals surface area contributed by atoms with Gasteiger partial charge in [-0.2, -0.15) is 5.10 Å².